The molecule has 2 saturated heterocycles. The number of nitrogens with one attached hydrogen (secondary N) is 2. The third kappa shape index (κ3) is 7.01. The van der Waals surface area contributed by atoms with Crippen LogP contribution in [0.2, 0.25) is 0 Å². The average molecular weight is 414 g/mol. The summed E-state index contributed by atoms with van der Waals surface area (Å²) in [5.74, 6) is 2.16. The van der Waals surface area contributed by atoms with E-state index >= 15 is 0 Å². The lowest BCUT2D eigenvalue weighted by molar-refractivity contribution is -0.127. The number of piperidine rings is 1. The zero-order chi connectivity index (χ0) is 21.2. The van der Waals surface area contributed by atoms with Gasteiger partial charge in [-0.2, -0.15) is 0 Å². The topological polar surface area (TPSA) is 60.0 Å². The normalized spacial score (nSPS) is 23.1. The Bertz CT molecular complexity index is 677. The fraction of sp³-hybridized carbons (Fsp3) is 0.667. The van der Waals surface area contributed by atoms with E-state index in [1.807, 2.05) is 11.0 Å². The van der Waals surface area contributed by atoms with Gasteiger partial charge in [0.2, 0.25) is 5.91 Å². The summed E-state index contributed by atoms with van der Waals surface area (Å²) in [6.45, 7) is 12.0. The first-order chi connectivity index (χ1) is 14.7. The molecule has 1 aromatic carbocycles. The van der Waals surface area contributed by atoms with Gasteiger partial charge < -0.3 is 20.4 Å². The Kier molecular flexibility index (Phi) is 9.00. The number of aliphatic imine (C=N–C) groups is 1. The Morgan fingerprint density at radius 3 is 2.73 bits per heavy atom. The maximum atomic E-state index is 12.4. The number of benzene rings is 1. The van der Waals surface area contributed by atoms with Crippen molar-refractivity contribution < 1.29 is 4.79 Å². The maximum Gasteiger partial charge on any atom is 0.223 e. The van der Waals surface area contributed by atoms with E-state index in [0.29, 0.717) is 24.8 Å². The van der Waals surface area contributed by atoms with Crippen molar-refractivity contribution in [1.29, 1.82) is 0 Å². The number of hydrogen-bond donors (Lipinski definition) is 2. The van der Waals surface area contributed by atoms with Crippen molar-refractivity contribution in [3.05, 3.63) is 35.9 Å². The van der Waals surface area contributed by atoms with Gasteiger partial charge in [-0.25, -0.2) is 0 Å². The second-order valence-electron chi connectivity index (χ2n) is 8.65. The minimum Gasteiger partial charge on any atom is -0.357 e. The van der Waals surface area contributed by atoms with Crippen LogP contribution in [0.25, 0.3) is 0 Å². The molecular weight excluding hydrogens is 374 g/mol. The van der Waals surface area contributed by atoms with E-state index in [1.165, 1.54) is 31.5 Å². The predicted molar refractivity (Wildman–Crippen MR) is 124 cm³/mol. The van der Waals surface area contributed by atoms with Crippen molar-refractivity contribution >= 4 is 11.9 Å². The monoisotopic (exact) mass is 413 g/mol. The fourth-order valence-corrected chi connectivity index (χ4v) is 4.51. The highest BCUT2D eigenvalue weighted by molar-refractivity contribution is 5.80. The largest absolute Gasteiger partial charge is 0.357 e. The molecule has 0 aromatic heterocycles. The van der Waals surface area contributed by atoms with Gasteiger partial charge in [0.05, 0.1) is 0 Å². The minimum absolute atomic E-state index is 0.269. The molecule has 6 heteroatoms. The molecule has 0 aliphatic carbocycles. The van der Waals surface area contributed by atoms with Gasteiger partial charge in [-0.3, -0.25) is 9.79 Å². The molecule has 2 heterocycles. The van der Waals surface area contributed by atoms with Crippen LogP contribution in [0.15, 0.2) is 35.3 Å². The van der Waals surface area contributed by atoms with Crippen LogP contribution in [0.4, 0.5) is 0 Å². The molecule has 30 heavy (non-hydrogen) atoms. The van der Waals surface area contributed by atoms with Crippen LogP contribution < -0.4 is 10.6 Å². The average Bonchev–Trinajstić information content (AvgIpc) is 3.14. The quantitative estimate of drug-likeness (QED) is 0.482. The van der Waals surface area contributed by atoms with Crippen molar-refractivity contribution in [3.8, 4) is 0 Å². The van der Waals surface area contributed by atoms with Crippen LogP contribution in [-0.2, 0) is 11.2 Å². The first-order valence-electron chi connectivity index (χ1n) is 11.7. The number of likely N-dealkylation sites (tertiary alicyclic amines) is 2. The molecule has 2 aliphatic rings. The summed E-state index contributed by atoms with van der Waals surface area (Å²) in [6.07, 6.45) is 4.11. The van der Waals surface area contributed by atoms with Crippen molar-refractivity contribution in [1.82, 2.24) is 20.4 Å². The molecule has 0 bridgehead atoms. The van der Waals surface area contributed by atoms with Crippen molar-refractivity contribution in [2.24, 2.45) is 16.8 Å². The molecule has 2 atom stereocenters. The zero-order valence-corrected chi connectivity index (χ0v) is 18.8. The number of hydrogen-bond acceptors (Lipinski definition) is 3. The molecule has 2 unspecified atom stereocenters. The zero-order valence-electron chi connectivity index (χ0n) is 18.8. The van der Waals surface area contributed by atoms with Gasteiger partial charge in [-0.1, -0.05) is 37.3 Å². The summed E-state index contributed by atoms with van der Waals surface area (Å²) >= 11 is 0. The van der Waals surface area contributed by atoms with Crippen molar-refractivity contribution in [2.75, 3.05) is 52.4 Å². The van der Waals surface area contributed by atoms with Crippen LogP contribution in [0.5, 0.6) is 0 Å². The van der Waals surface area contributed by atoms with E-state index in [2.05, 4.69) is 53.6 Å². The third-order valence-electron chi connectivity index (χ3n) is 6.27. The molecule has 0 radical (unpaired) electrons. The highest BCUT2D eigenvalue weighted by Crippen LogP contribution is 2.19. The summed E-state index contributed by atoms with van der Waals surface area (Å²) in [5, 5.41) is 6.91. The summed E-state index contributed by atoms with van der Waals surface area (Å²) in [6, 6.07) is 10.4. The highest BCUT2D eigenvalue weighted by atomic mass is 16.2. The molecule has 2 aliphatic heterocycles. The molecule has 1 aromatic rings. The molecule has 0 saturated carbocycles. The lowest BCUT2D eigenvalue weighted by Crippen LogP contribution is -2.44. The smallest absolute Gasteiger partial charge is 0.223 e. The highest BCUT2D eigenvalue weighted by Gasteiger charge is 2.29. The number of carbonyl (C=O) groups is 1. The summed E-state index contributed by atoms with van der Waals surface area (Å²) in [4.78, 5) is 21.8. The van der Waals surface area contributed by atoms with Crippen LogP contribution in [0, 0.1) is 11.8 Å². The predicted octanol–water partition coefficient (Wildman–Crippen LogP) is 2.36. The number of nitrogens with zero attached hydrogens (tertiary/aromatic N) is 3. The Morgan fingerprint density at radius 1 is 1.13 bits per heavy atom. The second-order valence-corrected chi connectivity index (χ2v) is 8.65. The lowest BCUT2D eigenvalue weighted by atomic mass is 9.98. The maximum absolute atomic E-state index is 12.4. The van der Waals surface area contributed by atoms with E-state index < -0.39 is 0 Å². The Hall–Kier alpha value is -2.08. The van der Waals surface area contributed by atoms with E-state index in [-0.39, 0.29) is 5.91 Å². The van der Waals surface area contributed by atoms with Crippen LogP contribution in [-0.4, -0.2) is 74.0 Å². The van der Waals surface area contributed by atoms with E-state index in [9.17, 15) is 4.79 Å². The Labute approximate surface area is 182 Å². The second kappa shape index (κ2) is 11.9. The number of carbonyl (C=O) groups excluding carboxylic acids is 1. The van der Waals surface area contributed by atoms with E-state index in [4.69, 9.17) is 4.99 Å². The summed E-state index contributed by atoms with van der Waals surface area (Å²) in [5.41, 5.74) is 1.29. The van der Waals surface area contributed by atoms with Gasteiger partial charge >= 0.3 is 0 Å². The molecule has 0 spiro atoms. The standard InChI is InChI=1S/C24H39N5O/c1-3-25-24(26-16-21-11-8-13-28(4-2)18-21)27-17-22-15-23(30)29(19-22)14-12-20-9-6-5-7-10-20/h5-7,9-10,21-22H,3-4,8,11-19H2,1-2H3,(H2,25,26,27). The first-order valence-corrected chi connectivity index (χ1v) is 11.7. The lowest BCUT2D eigenvalue weighted by Gasteiger charge is -2.32. The summed E-state index contributed by atoms with van der Waals surface area (Å²) < 4.78 is 0. The molecule has 3 rings (SSSR count). The Balaban J connectivity index is 1.44. The molecular formula is C24H39N5O. The van der Waals surface area contributed by atoms with Gasteiger partial charge in [0, 0.05) is 51.6 Å². The van der Waals surface area contributed by atoms with Crippen molar-refractivity contribution in [3.63, 3.8) is 0 Å². The van der Waals surface area contributed by atoms with Crippen LogP contribution >= 0.6 is 0 Å². The van der Waals surface area contributed by atoms with Gasteiger partial charge in [0.15, 0.2) is 5.96 Å². The molecule has 2 N–H and O–H groups in total. The number of guanidine groups is 1. The van der Waals surface area contributed by atoms with Gasteiger partial charge in [0.25, 0.3) is 0 Å². The third-order valence-corrected chi connectivity index (χ3v) is 6.27. The molecule has 1 amide bonds. The summed E-state index contributed by atoms with van der Waals surface area (Å²) in [7, 11) is 0. The molecule has 2 fully saturated rings. The van der Waals surface area contributed by atoms with E-state index in [1.54, 1.807) is 0 Å². The number of rotatable bonds is 9. The van der Waals surface area contributed by atoms with Gasteiger partial charge in [-0.05, 0) is 50.8 Å². The molecule has 166 valence electrons. The molecule has 6 nitrogen and oxygen atoms in total. The van der Waals surface area contributed by atoms with Gasteiger partial charge in [0.1, 0.15) is 0 Å². The van der Waals surface area contributed by atoms with Crippen molar-refractivity contribution in [2.45, 2.75) is 39.5 Å². The van der Waals surface area contributed by atoms with E-state index in [0.717, 1.165) is 45.1 Å². The number of amides is 1. The SMILES string of the molecule is CCNC(=NCC1CC(=O)N(CCc2ccccc2)C1)NCC1CCCN(CC)C1. The fourth-order valence-electron chi connectivity index (χ4n) is 4.51. The Morgan fingerprint density at radius 2 is 1.97 bits per heavy atom. The first kappa shape index (κ1) is 22.6. The van der Waals surface area contributed by atoms with Crippen LogP contribution in [0.1, 0.15) is 38.7 Å². The van der Waals surface area contributed by atoms with Crippen LogP contribution in [0.3, 0.4) is 0 Å². The minimum atomic E-state index is 0.269. The van der Waals surface area contributed by atoms with Gasteiger partial charge in [-0.15, -0.1) is 0 Å².